The molecule has 1 atom stereocenters. The van der Waals surface area contributed by atoms with Crippen LogP contribution in [0, 0.1) is 0 Å². The number of aromatic nitrogens is 2. The molecule has 0 amide bonds. The van der Waals surface area contributed by atoms with Gasteiger partial charge < -0.3 is 10.5 Å². The third-order valence-electron chi connectivity index (χ3n) is 3.05. The van der Waals surface area contributed by atoms with Crippen LogP contribution in [-0.4, -0.2) is 21.2 Å². The Morgan fingerprint density at radius 2 is 2.05 bits per heavy atom. The van der Waals surface area contributed by atoms with Gasteiger partial charge in [-0.15, -0.1) is 0 Å². The van der Waals surface area contributed by atoms with Crippen LogP contribution in [0.1, 0.15) is 33.1 Å². The van der Waals surface area contributed by atoms with Crippen molar-refractivity contribution < 1.29 is 9.53 Å². The fourth-order valence-corrected chi connectivity index (χ4v) is 1.94. The van der Waals surface area contributed by atoms with Crippen molar-refractivity contribution in [3.63, 3.8) is 0 Å². The molecule has 1 unspecified atom stereocenters. The first kappa shape index (κ1) is 16.0. The predicted octanol–water partition coefficient (Wildman–Crippen LogP) is 0.251. The van der Waals surface area contributed by atoms with Crippen LogP contribution in [0.15, 0.2) is 15.7 Å². The third kappa shape index (κ3) is 4.25. The summed E-state index contributed by atoms with van der Waals surface area (Å²) >= 11 is 0. The van der Waals surface area contributed by atoms with Gasteiger partial charge in [-0.05, 0) is 26.2 Å². The van der Waals surface area contributed by atoms with Crippen molar-refractivity contribution in [2.45, 2.75) is 45.8 Å². The number of carbonyl (C=O) groups excluding carboxylic acids is 1. The van der Waals surface area contributed by atoms with Gasteiger partial charge in [0.2, 0.25) is 0 Å². The van der Waals surface area contributed by atoms with Crippen LogP contribution in [0.25, 0.3) is 0 Å². The van der Waals surface area contributed by atoms with Crippen molar-refractivity contribution in [1.29, 1.82) is 0 Å². The Morgan fingerprint density at radius 1 is 1.40 bits per heavy atom. The summed E-state index contributed by atoms with van der Waals surface area (Å²) in [7, 11) is 1.52. The van der Waals surface area contributed by atoms with Crippen molar-refractivity contribution in [3.8, 4) is 0 Å². The van der Waals surface area contributed by atoms with Crippen molar-refractivity contribution in [3.05, 3.63) is 26.9 Å². The van der Waals surface area contributed by atoms with E-state index in [9.17, 15) is 14.4 Å². The number of hydrogen-bond donors (Lipinski definition) is 1. The Labute approximate surface area is 117 Å². The zero-order valence-corrected chi connectivity index (χ0v) is 12.1. The number of hydrogen-bond acceptors (Lipinski definition) is 5. The standard InChI is InChI=1S/C13H21N3O4/c1-9(20-10(2)17)6-4-5-7-16-12(18)8-11(14)15(3)13(16)19/h8-9H,4-7,14H2,1-3H3. The Balaban J connectivity index is 2.56. The first-order valence-corrected chi connectivity index (χ1v) is 6.56. The quantitative estimate of drug-likeness (QED) is 0.596. The molecule has 0 fully saturated rings. The minimum atomic E-state index is -0.414. The lowest BCUT2D eigenvalue weighted by atomic mass is 10.2. The molecule has 0 spiro atoms. The number of rotatable bonds is 6. The number of nitrogen functional groups attached to an aromatic ring is 1. The maximum absolute atomic E-state index is 11.9. The largest absolute Gasteiger partial charge is 0.463 e. The van der Waals surface area contributed by atoms with E-state index < -0.39 is 11.2 Å². The number of anilines is 1. The average molecular weight is 283 g/mol. The van der Waals surface area contributed by atoms with E-state index in [-0.39, 0.29) is 17.9 Å². The number of esters is 1. The summed E-state index contributed by atoms with van der Waals surface area (Å²) < 4.78 is 7.39. The monoisotopic (exact) mass is 283 g/mol. The number of ether oxygens (including phenoxy) is 1. The van der Waals surface area contributed by atoms with E-state index in [2.05, 4.69) is 0 Å². The number of nitrogens with two attached hydrogens (primary N) is 1. The topological polar surface area (TPSA) is 96.3 Å². The Kier molecular flexibility index (Phi) is 5.54. The van der Waals surface area contributed by atoms with E-state index in [0.29, 0.717) is 19.4 Å². The molecule has 7 heteroatoms. The molecular formula is C13H21N3O4. The lowest BCUT2D eigenvalue weighted by Gasteiger charge is -2.12. The summed E-state index contributed by atoms with van der Waals surface area (Å²) in [5.41, 5.74) is 4.73. The third-order valence-corrected chi connectivity index (χ3v) is 3.05. The van der Waals surface area contributed by atoms with Gasteiger partial charge in [-0.25, -0.2) is 4.79 Å². The van der Waals surface area contributed by atoms with Crippen LogP contribution < -0.4 is 17.0 Å². The molecule has 0 bridgehead atoms. The van der Waals surface area contributed by atoms with Gasteiger partial charge in [0.05, 0.1) is 6.10 Å². The molecule has 0 aliphatic rings. The van der Waals surface area contributed by atoms with Crippen molar-refractivity contribution in [1.82, 2.24) is 9.13 Å². The molecule has 1 heterocycles. The molecular weight excluding hydrogens is 262 g/mol. The van der Waals surface area contributed by atoms with Crippen LogP contribution in [0.2, 0.25) is 0 Å². The highest BCUT2D eigenvalue weighted by Crippen LogP contribution is 2.05. The second kappa shape index (κ2) is 6.93. The summed E-state index contributed by atoms with van der Waals surface area (Å²) in [6.07, 6.45) is 1.96. The highest BCUT2D eigenvalue weighted by molar-refractivity contribution is 5.66. The maximum Gasteiger partial charge on any atom is 0.332 e. The number of unbranched alkanes of at least 4 members (excludes halogenated alkanes) is 1. The summed E-state index contributed by atoms with van der Waals surface area (Å²) in [6.45, 7) is 3.52. The van der Waals surface area contributed by atoms with Gasteiger partial charge in [0.15, 0.2) is 0 Å². The molecule has 20 heavy (non-hydrogen) atoms. The molecule has 0 aromatic carbocycles. The van der Waals surface area contributed by atoms with Gasteiger partial charge in [-0.3, -0.25) is 18.7 Å². The lowest BCUT2D eigenvalue weighted by Crippen LogP contribution is -2.39. The van der Waals surface area contributed by atoms with Gasteiger partial charge >= 0.3 is 11.7 Å². The normalized spacial score (nSPS) is 12.2. The van der Waals surface area contributed by atoms with E-state index in [1.807, 2.05) is 6.92 Å². The summed E-state index contributed by atoms with van der Waals surface area (Å²) in [5, 5.41) is 0. The summed E-state index contributed by atoms with van der Waals surface area (Å²) in [6, 6.07) is 1.24. The summed E-state index contributed by atoms with van der Waals surface area (Å²) in [5.74, 6) is -0.152. The minimum absolute atomic E-state index is 0.153. The fourth-order valence-electron chi connectivity index (χ4n) is 1.94. The Hall–Kier alpha value is -2.05. The molecule has 1 aromatic heterocycles. The first-order chi connectivity index (χ1) is 9.32. The predicted molar refractivity (Wildman–Crippen MR) is 75.4 cm³/mol. The van der Waals surface area contributed by atoms with Gasteiger partial charge in [0.1, 0.15) is 5.82 Å². The molecule has 7 nitrogen and oxygen atoms in total. The van der Waals surface area contributed by atoms with Gasteiger partial charge in [-0.2, -0.15) is 0 Å². The highest BCUT2D eigenvalue weighted by Gasteiger charge is 2.08. The molecule has 0 saturated heterocycles. The Morgan fingerprint density at radius 3 is 2.65 bits per heavy atom. The van der Waals surface area contributed by atoms with Crippen LogP contribution in [0.3, 0.4) is 0 Å². The van der Waals surface area contributed by atoms with E-state index in [1.54, 1.807) is 0 Å². The van der Waals surface area contributed by atoms with Crippen molar-refractivity contribution in [2.75, 3.05) is 5.73 Å². The second-order valence-corrected chi connectivity index (χ2v) is 4.82. The fraction of sp³-hybridized carbons (Fsp3) is 0.615. The van der Waals surface area contributed by atoms with E-state index in [4.69, 9.17) is 10.5 Å². The molecule has 112 valence electrons. The van der Waals surface area contributed by atoms with E-state index in [0.717, 1.165) is 11.0 Å². The molecule has 0 aliphatic heterocycles. The Bertz CT molecular complexity index is 588. The minimum Gasteiger partial charge on any atom is -0.463 e. The van der Waals surface area contributed by atoms with Crippen LogP contribution in [0.5, 0.6) is 0 Å². The van der Waals surface area contributed by atoms with Crippen LogP contribution in [-0.2, 0) is 23.1 Å². The molecule has 1 rings (SSSR count). The summed E-state index contributed by atoms with van der Waals surface area (Å²) in [4.78, 5) is 34.3. The number of nitrogens with zero attached hydrogens (tertiary/aromatic N) is 2. The second-order valence-electron chi connectivity index (χ2n) is 4.82. The van der Waals surface area contributed by atoms with Crippen molar-refractivity contribution >= 4 is 11.8 Å². The molecule has 1 aromatic rings. The SMILES string of the molecule is CC(=O)OC(C)CCCCn1c(=O)cc(N)n(C)c1=O. The van der Waals surface area contributed by atoms with Crippen molar-refractivity contribution in [2.24, 2.45) is 7.05 Å². The molecule has 2 N–H and O–H groups in total. The maximum atomic E-state index is 11.9. The van der Waals surface area contributed by atoms with Gasteiger partial charge in [0, 0.05) is 26.6 Å². The lowest BCUT2D eigenvalue weighted by molar-refractivity contribution is -0.145. The van der Waals surface area contributed by atoms with Crippen LogP contribution >= 0.6 is 0 Å². The molecule has 0 saturated carbocycles. The average Bonchev–Trinajstić information content (AvgIpc) is 2.34. The van der Waals surface area contributed by atoms with Gasteiger partial charge in [-0.1, -0.05) is 0 Å². The first-order valence-electron chi connectivity index (χ1n) is 6.56. The smallest absolute Gasteiger partial charge is 0.332 e. The van der Waals surface area contributed by atoms with E-state index >= 15 is 0 Å². The molecule has 0 aliphatic carbocycles. The number of carbonyl (C=O) groups is 1. The van der Waals surface area contributed by atoms with E-state index in [1.165, 1.54) is 24.6 Å². The molecule has 0 radical (unpaired) electrons. The zero-order valence-electron chi connectivity index (χ0n) is 12.1. The van der Waals surface area contributed by atoms with Crippen LogP contribution in [0.4, 0.5) is 5.82 Å². The highest BCUT2D eigenvalue weighted by atomic mass is 16.5. The zero-order chi connectivity index (χ0) is 15.3. The van der Waals surface area contributed by atoms with Gasteiger partial charge in [0.25, 0.3) is 5.56 Å².